The van der Waals surface area contributed by atoms with Gasteiger partial charge in [0.25, 0.3) is 0 Å². The molecule has 7 nitrogen and oxygen atoms in total. The predicted molar refractivity (Wildman–Crippen MR) is 111 cm³/mol. The number of aliphatic hydroxyl groups is 2. The molecule has 0 radical (unpaired) electrons. The van der Waals surface area contributed by atoms with E-state index in [1.54, 1.807) is 27.7 Å². The maximum atomic E-state index is 11.1. The number of carbonyl (C=O) groups is 2. The summed E-state index contributed by atoms with van der Waals surface area (Å²) in [5, 5.41) is 18.3. The minimum Gasteiger partial charge on any atom is -0.433 e. The number of carbonyl (C=O) groups excluding carboxylic acids is 2. The first-order valence-corrected chi connectivity index (χ1v) is 9.21. The van der Waals surface area contributed by atoms with E-state index in [-0.39, 0.29) is 24.0 Å². The van der Waals surface area contributed by atoms with E-state index in [9.17, 15) is 9.59 Å². The van der Waals surface area contributed by atoms with Gasteiger partial charge in [-0.3, -0.25) is 0 Å². The van der Waals surface area contributed by atoms with Crippen molar-refractivity contribution in [1.29, 1.82) is 0 Å². The molecule has 166 valence electrons. The van der Waals surface area contributed by atoms with Crippen molar-refractivity contribution in [2.45, 2.75) is 80.4 Å². The molecule has 0 saturated heterocycles. The molecule has 0 aliphatic carbocycles. The molecule has 0 fully saturated rings. The van der Waals surface area contributed by atoms with E-state index in [1.165, 1.54) is 0 Å². The van der Waals surface area contributed by atoms with Crippen LogP contribution in [0.3, 0.4) is 0 Å². The summed E-state index contributed by atoms with van der Waals surface area (Å²) in [6.45, 7) is 18.1. The summed E-state index contributed by atoms with van der Waals surface area (Å²) >= 11 is 0. The average molecular weight is 413 g/mol. The third-order valence-corrected chi connectivity index (χ3v) is 2.21. The Bertz CT molecular complexity index is 585. The van der Waals surface area contributed by atoms with Crippen LogP contribution in [-0.2, 0) is 14.2 Å². The molecule has 0 amide bonds. The molecule has 0 aromatic rings. The number of hydrogen-bond donors (Lipinski definition) is 2. The quantitative estimate of drug-likeness (QED) is 0.403. The van der Waals surface area contributed by atoms with Crippen LogP contribution >= 0.6 is 0 Å². The minimum absolute atomic E-state index is 0.172. The Morgan fingerprint density at radius 3 is 1.14 bits per heavy atom. The van der Waals surface area contributed by atoms with Crippen LogP contribution < -0.4 is 0 Å². The van der Waals surface area contributed by atoms with Crippen molar-refractivity contribution in [1.82, 2.24) is 0 Å². The van der Waals surface area contributed by atoms with Crippen LogP contribution in [0.5, 0.6) is 0 Å². The molecule has 0 rings (SSSR count). The van der Waals surface area contributed by atoms with Crippen molar-refractivity contribution in [3.8, 4) is 23.7 Å². The molecule has 29 heavy (non-hydrogen) atoms. The number of hydrogen-bond acceptors (Lipinski definition) is 7. The standard InChI is InChI=1S/C12H22O5.C10H14O2/c1-11(2,3)7-15-9(13)17-10(14)16-8-12(4,5)6;1-9(2,11)7-5-6-8-10(3,4)12/h7-8H2,1-6H3;11-12H,1-4H3. The van der Waals surface area contributed by atoms with Gasteiger partial charge >= 0.3 is 12.3 Å². The Hall–Kier alpha value is -2.22. The second-order valence-electron chi connectivity index (χ2n) is 9.92. The lowest BCUT2D eigenvalue weighted by Crippen LogP contribution is -2.23. The van der Waals surface area contributed by atoms with Gasteiger partial charge in [-0.2, -0.15) is 0 Å². The van der Waals surface area contributed by atoms with Crippen molar-refractivity contribution in [2.75, 3.05) is 13.2 Å². The fourth-order valence-corrected chi connectivity index (χ4v) is 1.05. The third kappa shape index (κ3) is 28.1. The zero-order valence-electron chi connectivity index (χ0n) is 19.3. The molecule has 2 N–H and O–H groups in total. The monoisotopic (exact) mass is 412 g/mol. The topological polar surface area (TPSA) is 102 Å². The highest BCUT2D eigenvalue weighted by Crippen LogP contribution is 2.14. The molecule has 0 aromatic carbocycles. The molecule has 0 spiro atoms. The highest BCUT2D eigenvalue weighted by Gasteiger charge is 2.20. The number of rotatable bonds is 2. The van der Waals surface area contributed by atoms with Crippen LogP contribution in [0, 0.1) is 34.5 Å². The molecular weight excluding hydrogens is 376 g/mol. The summed E-state index contributed by atoms with van der Waals surface area (Å²) in [4.78, 5) is 22.2. The Kier molecular flexibility index (Phi) is 11.7. The van der Waals surface area contributed by atoms with Crippen LogP contribution in [0.1, 0.15) is 69.2 Å². The van der Waals surface area contributed by atoms with Crippen LogP contribution in [-0.4, -0.2) is 46.9 Å². The maximum Gasteiger partial charge on any atom is 0.518 e. The van der Waals surface area contributed by atoms with E-state index in [0.717, 1.165) is 0 Å². The maximum absolute atomic E-state index is 11.1. The zero-order chi connectivity index (χ0) is 23.5. The van der Waals surface area contributed by atoms with E-state index in [0.29, 0.717) is 0 Å². The smallest absolute Gasteiger partial charge is 0.433 e. The first-order chi connectivity index (χ1) is 12.7. The van der Waals surface area contributed by atoms with Gasteiger partial charge in [0, 0.05) is 0 Å². The van der Waals surface area contributed by atoms with Crippen molar-refractivity contribution in [3.05, 3.63) is 0 Å². The van der Waals surface area contributed by atoms with Crippen molar-refractivity contribution >= 4 is 12.3 Å². The lowest BCUT2D eigenvalue weighted by atomic mass is 9.99. The highest BCUT2D eigenvalue weighted by atomic mass is 16.8. The fraction of sp³-hybridized carbons (Fsp3) is 0.727. The molecule has 0 unspecified atom stereocenters. The molecule has 0 heterocycles. The molecule has 0 aromatic heterocycles. The van der Waals surface area contributed by atoms with E-state index in [2.05, 4.69) is 28.4 Å². The van der Waals surface area contributed by atoms with Gasteiger partial charge in [-0.15, -0.1) is 0 Å². The normalized spacial score (nSPS) is 11.4. The Labute approximate surface area is 175 Å². The highest BCUT2D eigenvalue weighted by molar-refractivity contribution is 5.76. The molecule has 0 atom stereocenters. The van der Waals surface area contributed by atoms with E-state index < -0.39 is 23.5 Å². The average Bonchev–Trinajstić information content (AvgIpc) is 2.45. The first-order valence-electron chi connectivity index (χ1n) is 9.21. The second-order valence-corrected chi connectivity index (χ2v) is 9.92. The van der Waals surface area contributed by atoms with Crippen LogP contribution in [0.25, 0.3) is 0 Å². The molecule has 0 aliphatic heterocycles. The molecule has 0 saturated carbocycles. The van der Waals surface area contributed by atoms with Crippen LogP contribution in [0.4, 0.5) is 9.59 Å². The lowest BCUT2D eigenvalue weighted by Gasteiger charge is -2.18. The summed E-state index contributed by atoms with van der Waals surface area (Å²) in [6.07, 6.45) is -2.06. The Morgan fingerprint density at radius 1 is 0.655 bits per heavy atom. The van der Waals surface area contributed by atoms with Gasteiger partial charge in [-0.1, -0.05) is 53.4 Å². The van der Waals surface area contributed by atoms with Gasteiger partial charge in [0.2, 0.25) is 0 Å². The summed E-state index contributed by atoms with van der Waals surface area (Å²) in [6, 6.07) is 0. The van der Waals surface area contributed by atoms with Gasteiger partial charge in [0.1, 0.15) is 11.2 Å². The summed E-state index contributed by atoms with van der Waals surface area (Å²) in [5.41, 5.74) is -2.38. The summed E-state index contributed by atoms with van der Waals surface area (Å²) in [5.74, 6) is 9.95. The van der Waals surface area contributed by atoms with Gasteiger partial charge in [0.15, 0.2) is 0 Å². The van der Waals surface area contributed by atoms with Gasteiger partial charge in [0.05, 0.1) is 13.2 Å². The SMILES string of the molecule is CC(C)(C)COC(=O)OC(=O)OCC(C)(C)C.CC(C)(O)C#CC#CC(C)(C)O. The van der Waals surface area contributed by atoms with Crippen molar-refractivity contribution in [2.24, 2.45) is 10.8 Å². The molecule has 0 bridgehead atoms. The molecular formula is C22H36O7. The van der Waals surface area contributed by atoms with Crippen molar-refractivity contribution < 1.29 is 34.0 Å². The van der Waals surface area contributed by atoms with Crippen molar-refractivity contribution in [3.63, 3.8) is 0 Å². The lowest BCUT2D eigenvalue weighted by molar-refractivity contribution is 0.0130. The van der Waals surface area contributed by atoms with Crippen LogP contribution in [0.15, 0.2) is 0 Å². The van der Waals surface area contributed by atoms with Gasteiger partial charge in [-0.05, 0) is 50.4 Å². The fourth-order valence-electron chi connectivity index (χ4n) is 1.05. The Morgan fingerprint density at radius 2 is 0.931 bits per heavy atom. The third-order valence-electron chi connectivity index (χ3n) is 2.21. The van der Waals surface area contributed by atoms with Gasteiger partial charge < -0.3 is 24.4 Å². The minimum atomic E-state index is -1.03. The second kappa shape index (κ2) is 11.7. The molecule has 7 heteroatoms. The molecule has 0 aliphatic rings. The summed E-state index contributed by atoms with van der Waals surface area (Å²) in [7, 11) is 0. The zero-order valence-corrected chi connectivity index (χ0v) is 19.3. The van der Waals surface area contributed by atoms with E-state index in [4.69, 9.17) is 19.7 Å². The van der Waals surface area contributed by atoms with Crippen LogP contribution in [0.2, 0.25) is 0 Å². The van der Waals surface area contributed by atoms with Gasteiger partial charge in [-0.25, -0.2) is 9.59 Å². The largest absolute Gasteiger partial charge is 0.518 e. The van der Waals surface area contributed by atoms with E-state index >= 15 is 0 Å². The first kappa shape index (κ1) is 29.0. The predicted octanol–water partition coefficient (Wildman–Crippen LogP) is 3.90. The number of ether oxygens (including phenoxy) is 3. The van der Waals surface area contributed by atoms with E-state index in [1.807, 2.05) is 41.5 Å². The Balaban J connectivity index is 0. The summed E-state index contributed by atoms with van der Waals surface area (Å²) < 4.78 is 13.8.